The summed E-state index contributed by atoms with van der Waals surface area (Å²) in [7, 11) is 0. The van der Waals surface area contributed by atoms with Crippen LogP contribution in [-0.2, 0) is 5.41 Å². The van der Waals surface area contributed by atoms with Gasteiger partial charge in [-0.05, 0) is 85.6 Å². The average Bonchev–Trinajstić information content (AvgIpc) is 3.66. The van der Waals surface area contributed by atoms with E-state index in [2.05, 4.69) is 147 Å². The molecule has 1 aliphatic rings. The van der Waals surface area contributed by atoms with Gasteiger partial charge in [0, 0.05) is 21.9 Å². The van der Waals surface area contributed by atoms with Crippen molar-refractivity contribution in [3.05, 3.63) is 169 Å². The Hall–Kier alpha value is -6.32. The molecule has 0 bridgehead atoms. The molecule has 0 fully saturated rings. The van der Waals surface area contributed by atoms with Crippen molar-refractivity contribution in [2.75, 3.05) is 0 Å². The van der Waals surface area contributed by atoms with Gasteiger partial charge in [-0.1, -0.05) is 141 Å². The Kier molecular flexibility index (Phi) is 6.22. The van der Waals surface area contributed by atoms with Crippen LogP contribution >= 0.6 is 0 Å². The molecule has 0 unspecified atom stereocenters. The maximum Gasteiger partial charge on any atom is 0.180 e. The molecule has 2 heterocycles. The molecule has 3 heteroatoms. The summed E-state index contributed by atoms with van der Waals surface area (Å²) in [5.74, 6) is 0.687. The van der Waals surface area contributed by atoms with Crippen molar-refractivity contribution < 1.29 is 4.42 Å². The van der Waals surface area contributed by atoms with Gasteiger partial charge in [0.05, 0.1) is 0 Å². The third-order valence-corrected chi connectivity index (χ3v) is 10.5. The molecule has 0 amide bonds. The van der Waals surface area contributed by atoms with E-state index in [1.54, 1.807) is 0 Å². The summed E-state index contributed by atoms with van der Waals surface area (Å²) in [6, 6.07) is 55.9. The second-order valence-corrected chi connectivity index (χ2v) is 13.8. The third-order valence-electron chi connectivity index (χ3n) is 10.5. The van der Waals surface area contributed by atoms with Crippen LogP contribution in [0.15, 0.2) is 162 Å². The van der Waals surface area contributed by atoms with Crippen molar-refractivity contribution in [1.29, 1.82) is 0 Å². The average molecular weight is 641 g/mol. The SMILES string of the molecule is CC1(C)c2cc(-c3nc(-c4cccc(-c5ccccc5)c4)c4oc5ccccc5c4n3)ccc2-c2c1cc1ccccc1c2-c1ccccc1. The Morgan fingerprint density at radius 1 is 0.480 bits per heavy atom. The number of furan rings is 1. The van der Waals surface area contributed by atoms with Gasteiger partial charge in [-0.2, -0.15) is 0 Å². The lowest BCUT2D eigenvalue weighted by Gasteiger charge is -2.23. The van der Waals surface area contributed by atoms with Crippen LogP contribution in [0.3, 0.4) is 0 Å². The van der Waals surface area contributed by atoms with E-state index in [-0.39, 0.29) is 5.41 Å². The molecule has 3 nitrogen and oxygen atoms in total. The van der Waals surface area contributed by atoms with Crippen molar-refractivity contribution in [3.63, 3.8) is 0 Å². The van der Waals surface area contributed by atoms with Crippen LogP contribution in [0.5, 0.6) is 0 Å². The van der Waals surface area contributed by atoms with Crippen LogP contribution in [0.4, 0.5) is 0 Å². The first-order chi connectivity index (χ1) is 24.5. The Labute approximate surface area is 290 Å². The Balaban J connectivity index is 1.20. The highest BCUT2D eigenvalue weighted by Gasteiger charge is 2.38. The molecule has 7 aromatic carbocycles. The lowest BCUT2D eigenvalue weighted by Crippen LogP contribution is -2.15. The topological polar surface area (TPSA) is 38.9 Å². The minimum Gasteiger partial charge on any atom is -0.452 e. The van der Waals surface area contributed by atoms with E-state index in [0.29, 0.717) is 11.4 Å². The highest BCUT2D eigenvalue weighted by molar-refractivity contribution is 6.09. The summed E-state index contributed by atoms with van der Waals surface area (Å²) >= 11 is 0. The number of nitrogens with zero attached hydrogens (tertiary/aromatic N) is 2. The predicted molar refractivity (Wildman–Crippen MR) is 206 cm³/mol. The first-order valence-corrected chi connectivity index (χ1v) is 17.2. The molecule has 0 saturated heterocycles. The summed E-state index contributed by atoms with van der Waals surface area (Å²) in [6.45, 7) is 4.69. The van der Waals surface area contributed by atoms with Gasteiger partial charge in [0.1, 0.15) is 16.8 Å². The van der Waals surface area contributed by atoms with Gasteiger partial charge in [-0.3, -0.25) is 0 Å². The van der Waals surface area contributed by atoms with Crippen LogP contribution in [0, 0.1) is 0 Å². The zero-order valence-corrected chi connectivity index (χ0v) is 27.8. The molecule has 1 aliphatic carbocycles. The van der Waals surface area contributed by atoms with Gasteiger partial charge in [-0.25, -0.2) is 9.97 Å². The number of para-hydroxylation sites is 1. The number of hydrogen-bond acceptors (Lipinski definition) is 3. The Morgan fingerprint density at radius 3 is 1.98 bits per heavy atom. The normalized spacial score (nSPS) is 13.2. The van der Waals surface area contributed by atoms with E-state index < -0.39 is 0 Å². The second-order valence-electron chi connectivity index (χ2n) is 13.8. The summed E-state index contributed by atoms with van der Waals surface area (Å²) in [5.41, 5.74) is 14.9. The van der Waals surface area contributed by atoms with Crippen molar-refractivity contribution >= 4 is 32.8 Å². The lowest BCUT2D eigenvalue weighted by atomic mass is 9.80. The number of hydrogen-bond donors (Lipinski definition) is 0. The first kappa shape index (κ1) is 28.7. The fourth-order valence-corrected chi connectivity index (χ4v) is 7.98. The van der Waals surface area contributed by atoms with Crippen molar-refractivity contribution in [1.82, 2.24) is 9.97 Å². The predicted octanol–water partition coefficient (Wildman–Crippen LogP) is 12.5. The molecule has 0 saturated carbocycles. The van der Waals surface area contributed by atoms with Crippen LogP contribution in [0.1, 0.15) is 25.0 Å². The van der Waals surface area contributed by atoms with Gasteiger partial charge in [0.15, 0.2) is 11.4 Å². The lowest BCUT2D eigenvalue weighted by molar-refractivity contribution is 0.661. The van der Waals surface area contributed by atoms with Crippen molar-refractivity contribution in [3.8, 4) is 56.0 Å². The molecular weight excluding hydrogens is 609 g/mol. The van der Waals surface area contributed by atoms with Gasteiger partial charge in [0.2, 0.25) is 0 Å². The fourth-order valence-electron chi connectivity index (χ4n) is 7.98. The van der Waals surface area contributed by atoms with E-state index in [0.717, 1.165) is 44.4 Å². The third kappa shape index (κ3) is 4.30. The maximum atomic E-state index is 6.49. The summed E-state index contributed by atoms with van der Waals surface area (Å²) in [5, 5.41) is 3.52. The minimum absolute atomic E-state index is 0.229. The molecule has 9 aromatic rings. The van der Waals surface area contributed by atoms with E-state index in [1.165, 1.54) is 44.2 Å². The van der Waals surface area contributed by atoms with Crippen LogP contribution < -0.4 is 0 Å². The number of rotatable bonds is 4. The number of benzene rings is 7. The second kappa shape index (κ2) is 10.8. The summed E-state index contributed by atoms with van der Waals surface area (Å²) in [4.78, 5) is 10.5. The van der Waals surface area contributed by atoms with E-state index in [9.17, 15) is 0 Å². The highest BCUT2D eigenvalue weighted by Crippen LogP contribution is 2.55. The van der Waals surface area contributed by atoms with Gasteiger partial charge in [-0.15, -0.1) is 0 Å². The van der Waals surface area contributed by atoms with Gasteiger partial charge in [0.25, 0.3) is 0 Å². The van der Waals surface area contributed by atoms with Crippen LogP contribution in [0.25, 0.3) is 88.9 Å². The Morgan fingerprint density at radius 2 is 1.16 bits per heavy atom. The quantitative estimate of drug-likeness (QED) is 0.192. The molecule has 236 valence electrons. The molecule has 0 atom stereocenters. The van der Waals surface area contributed by atoms with Crippen molar-refractivity contribution in [2.24, 2.45) is 0 Å². The smallest absolute Gasteiger partial charge is 0.180 e. The van der Waals surface area contributed by atoms with Gasteiger partial charge < -0.3 is 4.42 Å². The standard InChI is InChI=1S/C47H32N2O/c1-47(2)38-28-34(24-25-36(38)42-39(47)27-32-18-9-10-21-35(32)41(42)30-16-7-4-8-17-30)46-48-43(45-44(49-46)37-22-11-12-23-40(37)50-45)33-20-13-19-31(26-33)29-14-5-3-6-15-29/h3-28H,1-2H3. The van der Waals surface area contributed by atoms with Crippen molar-refractivity contribution in [2.45, 2.75) is 19.3 Å². The first-order valence-electron chi connectivity index (χ1n) is 17.2. The van der Waals surface area contributed by atoms with Crippen LogP contribution in [-0.4, -0.2) is 9.97 Å². The fraction of sp³-hybridized carbons (Fsp3) is 0.0638. The molecule has 0 N–H and O–H groups in total. The number of aromatic nitrogens is 2. The molecular formula is C47H32N2O. The molecule has 10 rings (SSSR count). The molecule has 0 spiro atoms. The summed E-state index contributed by atoms with van der Waals surface area (Å²) < 4.78 is 6.49. The zero-order chi connectivity index (χ0) is 33.4. The monoisotopic (exact) mass is 640 g/mol. The highest BCUT2D eigenvalue weighted by atomic mass is 16.3. The molecule has 2 aromatic heterocycles. The van der Waals surface area contributed by atoms with Crippen LogP contribution in [0.2, 0.25) is 0 Å². The van der Waals surface area contributed by atoms with E-state index in [1.807, 2.05) is 24.3 Å². The van der Waals surface area contributed by atoms with E-state index >= 15 is 0 Å². The molecule has 50 heavy (non-hydrogen) atoms. The maximum absolute atomic E-state index is 6.49. The minimum atomic E-state index is -0.229. The largest absolute Gasteiger partial charge is 0.452 e. The molecule has 0 radical (unpaired) electrons. The zero-order valence-electron chi connectivity index (χ0n) is 27.8. The van der Waals surface area contributed by atoms with Gasteiger partial charge >= 0.3 is 0 Å². The van der Waals surface area contributed by atoms with E-state index in [4.69, 9.17) is 14.4 Å². The Bertz CT molecular complexity index is 2780. The summed E-state index contributed by atoms with van der Waals surface area (Å²) in [6.07, 6.45) is 0. The number of fused-ring (bicyclic) bond motifs is 7. The molecule has 0 aliphatic heterocycles.